The summed E-state index contributed by atoms with van der Waals surface area (Å²) in [4.78, 5) is 11.8. The minimum Gasteiger partial charge on any atom is -0.396 e. The third-order valence-electron chi connectivity index (χ3n) is 2.83. The predicted octanol–water partition coefficient (Wildman–Crippen LogP) is 2.60. The van der Waals surface area contributed by atoms with E-state index in [4.69, 9.17) is 5.11 Å². The highest BCUT2D eigenvalue weighted by Crippen LogP contribution is 2.18. The number of rotatable bonds is 6. The molecular formula is C14H21NO2S. The van der Waals surface area contributed by atoms with E-state index >= 15 is 0 Å². The van der Waals surface area contributed by atoms with E-state index in [1.54, 1.807) is 11.8 Å². The Morgan fingerprint density at radius 3 is 2.83 bits per heavy atom. The quantitative estimate of drug-likeness (QED) is 0.833. The molecule has 0 aromatic heterocycles. The molecule has 0 spiro atoms. The number of aryl methyl sites for hydroxylation is 1. The predicted molar refractivity (Wildman–Crippen MR) is 78.1 cm³/mol. The Morgan fingerprint density at radius 2 is 2.17 bits per heavy atom. The first-order chi connectivity index (χ1) is 8.54. The molecule has 0 heterocycles. The van der Waals surface area contributed by atoms with Gasteiger partial charge in [-0.05, 0) is 42.7 Å². The van der Waals surface area contributed by atoms with Crippen LogP contribution < -0.4 is 5.32 Å². The van der Waals surface area contributed by atoms with Crippen LogP contribution in [0.3, 0.4) is 0 Å². The Kier molecular flexibility index (Phi) is 6.22. The number of thioether (sulfide) groups is 1. The molecule has 1 amide bonds. The molecule has 1 atom stereocenters. The maximum absolute atomic E-state index is 11.8. The van der Waals surface area contributed by atoms with Crippen LogP contribution in [-0.2, 0) is 4.79 Å². The topological polar surface area (TPSA) is 49.3 Å². The molecule has 0 aliphatic rings. The number of benzene rings is 1. The largest absolute Gasteiger partial charge is 0.396 e. The van der Waals surface area contributed by atoms with E-state index in [0.717, 1.165) is 17.0 Å². The van der Waals surface area contributed by atoms with E-state index in [2.05, 4.69) is 5.32 Å². The average Bonchev–Trinajstić information content (AvgIpc) is 2.34. The molecule has 18 heavy (non-hydrogen) atoms. The first kappa shape index (κ1) is 15.1. The molecule has 1 unspecified atom stereocenters. The smallest absolute Gasteiger partial charge is 0.234 e. The molecule has 1 aromatic rings. The van der Waals surface area contributed by atoms with Crippen LogP contribution in [0, 0.1) is 19.8 Å². The van der Waals surface area contributed by atoms with Gasteiger partial charge in [0, 0.05) is 12.3 Å². The summed E-state index contributed by atoms with van der Waals surface area (Å²) in [5.41, 5.74) is 3.17. The van der Waals surface area contributed by atoms with Gasteiger partial charge in [-0.2, -0.15) is 11.8 Å². The molecule has 0 fully saturated rings. The molecule has 3 nitrogen and oxygen atoms in total. The van der Waals surface area contributed by atoms with Gasteiger partial charge in [-0.1, -0.05) is 19.1 Å². The molecule has 100 valence electrons. The Hall–Kier alpha value is -1.00. The fourth-order valence-electron chi connectivity index (χ4n) is 1.48. The third kappa shape index (κ3) is 4.70. The van der Waals surface area contributed by atoms with Gasteiger partial charge in [0.05, 0.1) is 5.75 Å². The van der Waals surface area contributed by atoms with Gasteiger partial charge in [-0.15, -0.1) is 0 Å². The van der Waals surface area contributed by atoms with Gasteiger partial charge in [-0.3, -0.25) is 4.79 Å². The molecule has 1 aromatic carbocycles. The lowest BCUT2D eigenvalue weighted by atomic mass is 10.1. The van der Waals surface area contributed by atoms with Gasteiger partial charge in [0.15, 0.2) is 0 Å². The van der Waals surface area contributed by atoms with Crippen molar-refractivity contribution in [2.45, 2.75) is 20.8 Å². The molecule has 0 aliphatic heterocycles. The molecule has 4 heteroatoms. The fourth-order valence-corrected chi connectivity index (χ4v) is 2.36. The number of carbonyl (C=O) groups is 1. The SMILES string of the molecule is Cc1cccc(NC(=O)CSCC(C)CO)c1C. The van der Waals surface area contributed by atoms with Crippen LogP contribution in [0.1, 0.15) is 18.1 Å². The van der Waals surface area contributed by atoms with E-state index in [0.29, 0.717) is 5.75 Å². The lowest BCUT2D eigenvalue weighted by molar-refractivity contribution is -0.113. The second-order valence-corrected chi connectivity index (χ2v) is 5.63. The van der Waals surface area contributed by atoms with E-state index in [1.807, 2.05) is 39.0 Å². The molecule has 0 saturated heterocycles. The number of carbonyl (C=O) groups excluding carboxylic acids is 1. The van der Waals surface area contributed by atoms with Crippen LogP contribution in [0.15, 0.2) is 18.2 Å². The van der Waals surface area contributed by atoms with Crippen molar-refractivity contribution in [2.75, 3.05) is 23.4 Å². The second kappa shape index (κ2) is 7.44. The average molecular weight is 267 g/mol. The summed E-state index contributed by atoms with van der Waals surface area (Å²) in [5, 5.41) is 11.8. The van der Waals surface area contributed by atoms with E-state index in [-0.39, 0.29) is 18.4 Å². The van der Waals surface area contributed by atoms with Crippen LogP contribution >= 0.6 is 11.8 Å². The molecule has 0 saturated carbocycles. The summed E-state index contributed by atoms with van der Waals surface area (Å²) in [6.07, 6.45) is 0. The molecular weight excluding hydrogens is 246 g/mol. The highest BCUT2D eigenvalue weighted by atomic mass is 32.2. The highest BCUT2D eigenvalue weighted by molar-refractivity contribution is 7.99. The van der Waals surface area contributed by atoms with Gasteiger partial charge in [-0.25, -0.2) is 0 Å². The number of amides is 1. The highest BCUT2D eigenvalue weighted by Gasteiger charge is 2.07. The maximum atomic E-state index is 11.8. The van der Waals surface area contributed by atoms with Crippen LogP contribution in [-0.4, -0.2) is 29.1 Å². The van der Waals surface area contributed by atoms with Crippen molar-refractivity contribution in [3.8, 4) is 0 Å². The summed E-state index contributed by atoms with van der Waals surface area (Å²) >= 11 is 1.55. The molecule has 2 N–H and O–H groups in total. The van der Waals surface area contributed by atoms with Crippen LogP contribution in [0.5, 0.6) is 0 Å². The van der Waals surface area contributed by atoms with E-state index < -0.39 is 0 Å². The minimum atomic E-state index is 0.0128. The Bertz CT molecular complexity index is 407. The van der Waals surface area contributed by atoms with Crippen LogP contribution in [0.2, 0.25) is 0 Å². The number of aliphatic hydroxyl groups is 1. The Labute approximate surface area is 113 Å². The maximum Gasteiger partial charge on any atom is 0.234 e. The van der Waals surface area contributed by atoms with Crippen molar-refractivity contribution in [3.63, 3.8) is 0 Å². The molecule has 0 bridgehead atoms. The van der Waals surface area contributed by atoms with Gasteiger partial charge >= 0.3 is 0 Å². The monoisotopic (exact) mass is 267 g/mol. The Balaban J connectivity index is 2.43. The summed E-state index contributed by atoms with van der Waals surface area (Å²) in [6.45, 7) is 6.18. The minimum absolute atomic E-state index is 0.0128. The normalized spacial score (nSPS) is 12.2. The van der Waals surface area contributed by atoms with Gasteiger partial charge in [0.25, 0.3) is 0 Å². The lowest BCUT2D eigenvalue weighted by Gasteiger charge is -2.11. The van der Waals surface area contributed by atoms with Crippen molar-refractivity contribution >= 4 is 23.4 Å². The van der Waals surface area contributed by atoms with Crippen molar-refractivity contribution in [1.29, 1.82) is 0 Å². The number of hydrogen-bond acceptors (Lipinski definition) is 3. The van der Waals surface area contributed by atoms with Gasteiger partial charge in [0.1, 0.15) is 0 Å². The van der Waals surface area contributed by atoms with E-state index in [9.17, 15) is 4.79 Å². The lowest BCUT2D eigenvalue weighted by Crippen LogP contribution is -2.16. The van der Waals surface area contributed by atoms with Crippen molar-refractivity contribution in [3.05, 3.63) is 29.3 Å². The van der Waals surface area contributed by atoms with Crippen molar-refractivity contribution in [1.82, 2.24) is 0 Å². The molecule has 1 rings (SSSR count). The number of nitrogens with one attached hydrogen (secondary N) is 1. The van der Waals surface area contributed by atoms with Crippen molar-refractivity contribution < 1.29 is 9.90 Å². The second-order valence-electron chi connectivity index (χ2n) is 4.60. The van der Waals surface area contributed by atoms with Gasteiger partial charge < -0.3 is 10.4 Å². The summed E-state index contributed by atoms with van der Waals surface area (Å²) in [5.74, 6) is 1.48. The molecule has 0 aliphatic carbocycles. The standard InChI is InChI=1S/C14H21NO2S/c1-10(7-16)8-18-9-14(17)15-13-6-4-5-11(2)12(13)3/h4-6,10,16H,7-9H2,1-3H3,(H,15,17). The first-order valence-electron chi connectivity index (χ1n) is 6.09. The number of anilines is 1. The fraction of sp³-hybridized carbons (Fsp3) is 0.500. The Morgan fingerprint density at radius 1 is 1.44 bits per heavy atom. The molecule has 0 radical (unpaired) electrons. The number of aliphatic hydroxyl groups excluding tert-OH is 1. The third-order valence-corrected chi connectivity index (χ3v) is 4.10. The van der Waals surface area contributed by atoms with E-state index in [1.165, 1.54) is 5.56 Å². The summed E-state index contributed by atoms with van der Waals surface area (Å²) in [7, 11) is 0. The zero-order valence-electron chi connectivity index (χ0n) is 11.2. The summed E-state index contributed by atoms with van der Waals surface area (Å²) < 4.78 is 0. The van der Waals surface area contributed by atoms with Crippen LogP contribution in [0.25, 0.3) is 0 Å². The van der Waals surface area contributed by atoms with Crippen LogP contribution in [0.4, 0.5) is 5.69 Å². The zero-order chi connectivity index (χ0) is 13.5. The first-order valence-corrected chi connectivity index (χ1v) is 7.24. The van der Waals surface area contributed by atoms with Gasteiger partial charge in [0.2, 0.25) is 5.91 Å². The summed E-state index contributed by atoms with van der Waals surface area (Å²) in [6, 6.07) is 5.89. The zero-order valence-corrected chi connectivity index (χ0v) is 12.0. The van der Waals surface area contributed by atoms with Crippen molar-refractivity contribution in [2.24, 2.45) is 5.92 Å². The number of hydrogen-bond donors (Lipinski definition) is 2.